The predicted molar refractivity (Wildman–Crippen MR) is 70.2 cm³/mol. The van der Waals surface area contributed by atoms with E-state index in [0.717, 1.165) is 6.07 Å². The van der Waals surface area contributed by atoms with Crippen LogP contribution in [0, 0.1) is 5.82 Å². The van der Waals surface area contributed by atoms with Gasteiger partial charge in [0.25, 0.3) is 0 Å². The molecule has 2 aromatic carbocycles. The Bertz CT molecular complexity index is 668. The molecule has 2 rings (SSSR count). The van der Waals surface area contributed by atoms with Gasteiger partial charge in [0, 0.05) is 5.56 Å². The van der Waals surface area contributed by atoms with E-state index in [1.807, 2.05) is 0 Å². The van der Waals surface area contributed by atoms with E-state index in [1.54, 1.807) is 0 Å². The van der Waals surface area contributed by atoms with E-state index >= 15 is 0 Å². The molecule has 0 aliphatic carbocycles. The normalized spacial score (nSPS) is 10.5. The quantitative estimate of drug-likeness (QED) is 0.824. The van der Waals surface area contributed by atoms with Crippen LogP contribution in [0.25, 0.3) is 11.1 Å². The maximum Gasteiger partial charge on any atom is 0.165 e. The van der Waals surface area contributed by atoms with E-state index in [0.29, 0.717) is 11.1 Å². The van der Waals surface area contributed by atoms with Crippen molar-refractivity contribution in [1.82, 2.24) is 0 Å². The minimum atomic E-state index is -0.788. The third kappa shape index (κ3) is 2.39. The summed E-state index contributed by atoms with van der Waals surface area (Å²) in [7, 11) is 0. The molecule has 0 spiro atoms. The second-order valence-electron chi connectivity index (χ2n) is 4.05. The molecule has 19 heavy (non-hydrogen) atoms. The molecule has 0 atom stereocenters. The van der Waals surface area contributed by atoms with E-state index in [2.05, 4.69) is 0 Å². The summed E-state index contributed by atoms with van der Waals surface area (Å²) in [4.78, 5) is 11.3. The van der Waals surface area contributed by atoms with E-state index < -0.39 is 11.6 Å². The molecule has 0 aromatic heterocycles. The standard InChI is InChI=1S/C14H10ClFO3/c1-7(17)9-3-4-10(13(15)14(9)19)8-2-5-12(18)11(16)6-8/h2-6,18-19H,1H3. The summed E-state index contributed by atoms with van der Waals surface area (Å²) in [5.74, 6) is -1.91. The van der Waals surface area contributed by atoms with Crippen LogP contribution in [-0.4, -0.2) is 16.0 Å². The molecule has 3 nitrogen and oxygen atoms in total. The molecule has 2 N–H and O–H groups in total. The van der Waals surface area contributed by atoms with Crippen LogP contribution in [0.15, 0.2) is 30.3 Å². The lowest BCUT2D eigenvalue weighted by molar-refractivity contribution is 0.101. The number of hydrogen-bond donors (Lipinski definition) is 2. The maximum atomic E-state index is 13.3. The summed E-state index contributed by atoms with van der Waals surface area (Å²) in [6.07, 6.45) is 0. The number of benzene rings is 2. The van der Waals surface area contributed by atoms with Crippen LogP contribution in [0.1, 0.15) is 17.3 Å². The van der Waals surface area contributed by atoms with Gasteiger partial charge in [0.2, 0.25) is 0 Å². The summed E-state index contributed by atoms with van der Waals surface area (Å²) in [6, 6.07) is 6.70. The van der Waals surface area contributed by atoms with Gasteiger partial charge in [-0.25, -0.2) is 4.39 Å². The molecule has 0 saturated carbocycles. The fourth-order valence-corrected chi connectivity index (χ4v) is 2.02. The van der Waals surface area contributed by atoms with Gasteiger partial charge < -0.3 is 10.2 Å². The zero-order chi connectivity index (χ0) is 14.2. The highest BCUT2D eigenvalue weighted by molar-refractivity contribution is 6.35. The Kier molecular flexibility index (Phi) is 3.44. The van der Waals surface area contributed by atoms with E-state index in [9.17, 15) is 14.3 Å². The average Bonchev–Trinajstić information content (AvgIpc) is 2.36. The Morgan fingerprint density at radius 3 is 2.47 bits per heavy atom. The molecule has 5 heteroatoms. The third-order valence-electron chi connectivity index (χ3n) is 2.75. The first-order valence-corrected chi connectivity index (χ1v) is 5.81. The van der Waals surface area contributed by atoms with Crippen molar-refractivity contribution in [1.29, 1.82) is 0 Å². The molecular formula is C14H10ClFO3. The van der Waals surface area contributed by atoms with Crippen molar-refractivity contribution >= 4 is 17.4 Å². The van der Waals surface area contributed by atoms with Crippen LogP contribution in [0.4, 0.5) is 4.39 Å². The molecule has 2 aromatic rings. The Labute approximate surface area is 113 Å². The van der Waals surface area contributed by atoms with Gasteiger partial charge in [-0.1, -0.05) is 23.7 Å². The SMILES string of the molecule is CC(=O)c1ccc(-c2ccc(O)c(F)c2)c(Cl)c1O. The van der Waals surface area contributed by atoms with E-state index in [1.165, 1.54) is 31.2 Å². The van der Waals surface area contributed by atoms with Crippen molar-refractivity contribution in [3.8, 4) is 22.6 Å². The fraction of sp³-hybridized carbons (Fsp3) is 0.0714. The topological polar surface area (TPSA) is 57.5 Å². The summed E-state index contributed by atoms with van der Waals surface area (Å²) < 4.78 is 13.3. The second-order valence-corrected chi connectivity index (χ2v) is 4.42. The number of aromatic hydroxyl groups is 2. The van der Waals surface area contributed by atoms with E-state index in [-0.39, 0.29) is 22.1 Å². The molecule has 0 saturated heterocycles. The van der Waals surface area contributed by atoms with Crippen LogP contribution in [0.3, 0.4) is 0 Å². The Hall–Kier alpha value is -2.07. The summed E-state index contributed by atoms with van der Waals surface area (Å²) in [5.41, 5.74) is 0.877. The van der Waals surface area contributed by atoms with Crippen LogP contribution >= 0.6 is 11.6 Å². The molecular weight excluding hydrogens is 271 g/mol. The maximum absolute atomic E-state index is 13.3. The van der Waals surface area contributed by atoms with Crippen molar-refractivity contribution < 1.29 is 19.4 Å². The highest BCUT2D eigenvalue weighted by Gasteiger charge is 2.15. The van der Waals surface area contributed by atoms with Crippen molar-refractivity contribution in [3.05, 3.63) is 46.7 Å². The molecule has 0 aliphatic heterocycles. The first kappa shape index (κ1) is 13.4. The molecule has 0 heterocycles. The minimum absolute atomic E-state index is 0.0298. The largest absolute Gasteiger partial charge is 0.506 e. The Balaban J connectivity index is 2.60. The minimum Gasteiger partial charge on any atom is -0.506 e. The van der Waals surface area contributed by atoms with Crippen molar-refractivity contribution in [2.45, 2.75) is 6.92 Å². The molecule has 0 unspecified atom stereocenters. The number of Topliss-reactive ketones (excluding diaryl/α,β-unsaturated/α-hetero) is 1. The number of phenols is 2. The summed E-state index contributed by atoms with van der Waals surface area (Å²) >= 11 is 5.98. The first-order valence-electron chi connectivity index (χ1n) is 5.43. The molecule has 0 bridgehead atoms. The van der Waals surface area contributed by atoms with Crippen LogP contribution < -0.4 is 0 Å². The lowest BCUT2D eigenvalue weighted by Crippen LogP contribution is -1.94. The second kappa shape index (κ2) is 4.90. The monoisotopic (exact) mass is 280 g/mol. The third-order valence-corrected chi connectivity index (χ3v) is 3.14. The van der Waals surface area contributed by atoms with E-state index in [4.69, 9.17) is 16.7 Å². The molecule has 98 valence electrons. The average molecular weight is 281 g/mol. The zero-order valence-electron chi connectivity index (χ0n) is 9.95. The number of carbonyl (C=O) groups is 1. The van der Waals surface area contributed by atoms with Crippen molar-refractivity contribution in [3.63, 3.8) is 0 Å². The smallest absolute Gasteiger partial charge is 0.165 e. The van der Waals surface area contributed by atoms with Gasteiger partial charge in [0.1, 0.15) is 5.75 Å². The van der Waals surface area contributed by atoms with Crippen LogP contribution in [-0.2, 0) is 0 Å². The Morgan fingerprint density at radius 2 is 1.89 bits per heavy atom. The number of halogens is 2. The number of carbonyl (C=O) groups excluding carboxylic acids is 1. The van der Waals surface area contributed by atoms with Crippen LogP contribution in [0.2, 0.25) is 5.02 Å². The lowest BCUT2D eigenvalue weighted by atomic mass is 10.0. The zero-order valence-corrected chi connectivity index (χ0v) is 10.7. The van der Waals surface area contributed by atoms with Gasteiger partial charge in [-0.05, 0) is 30.7 Å². The Morgan fingerprint density at radius 1 is 1.21 bits per heavy atom. The van der Waals surface area contributed by atoms with Gasteiger partial charge >= 0.3 is 0 Å². The van der Waals surface area contributed by atoms with Gasteiger partial charge in [-0.2, -0.15) is 0 Å². The molecule has 0 aliphatic rings. The van der Waals surface area contributed by atoms with Gasteiger partial charge in [0.05, 0.1) is 10.6 Å². The van der Waals surface area contributed by atoms with Crippen LogP contribution in [0.5, 0.6) is 11.5 Å². The highest BCUT2D eigenvalue weighted by atomic mass is 35.5. The summed E-state index contributed by atoms with van der Waals surface area (Å²) in [6.45, 7) is 1.31. The van der Waals surface area contributed by atoms with Crippen molar-refractivity contribution in [2.24, 2.45) is 0 Å². The van der Waals surface area contributed by atoms with Gasteiger partial charge in [-0.3, -0.25) is 4.79 Å². The number of hydrogen-bond acceptors (Lipinski definition) is 3. The fourth-order valence-electron chi connectivity index (χ4n) is 1.75. The first-order chi connectivity index (χ1) is 8.91. The molecule has 0 amide bonds. The predicted octanol–water partition coefficient (Wildman–Crippen LogP) is 3.76. The number of rotatable bonds is 2. The van der Waals surface area contributed by atoms with Gasteiger partial charge in [-0.15, -0.1) is 0 Å². The molecule has 0 radical (unpaired) electrons. The number of ketones is 1. The van der Waals surface area contributed by atoms with Gasteiger partial charge in [0.15, 0.2) is 17.3 Å². The highest BCUT2D eigenvalue weighted by Crippen LogP contribution is 2.38. The number of phenolic OH excluding ortho intramolecular Hbond substituents is 2. The summed E-state index contributed by atoms with van der Waals surface area (Å²) in [5, 5.41) is 18.9. The van der Waals surface area contributed by atoms with Crippen molar-refractivity contribution in [2.75, 3.05) is 0 Å². The molecule has 0 fully saturated rings. The lowest BCUT2D eigenvalue weighted by Gasteiger charge is -2.09.